The Hall–Kier alpha value is -0.770. The highest BCUT2D eigenvalue weighted by molar-refractivity contribution is 6.31. The number of hydrogen-bond donors (Lipinski definition) is 1. The van der Waals surface area contributed by atoms with Gasteiger partial charge in [-0.1, -0.05) is 13.8 Å². The molecule has 0 aromatic rings. The molecule has 1 atom stereocenters. The first-order valence-electron chi connectivity index (χ1n) is 5.04. The summed E-state index contributed by atoms with van der Waals surface area (Å²) in [5.74, 6) is 0.0703. The molecular weight excluding hydrogens is 216 g/mol. The van der Waals surface area contributed by atoms with Crippen LogP contribution in [0.1, 0.15) is 27.2 Å². The summed E-state index contributed by atoms with van der Waals surface area (Å²) in [6.45, 7) is 6.32. The number of imide groups is 1. The van der Waals surface area contributed by atoms with Crippen molar-refractivity contribution in [1.82, 2.24) is 10.2 Å². The van der Waals surface area contributed by atoms with Gasteiger partial charge in [0.15, 0.2) is 0 Å². The molecule has 0 spiro atoms. The normalized spacial score (nSPS) is 12.4. The van der Waals surface area contributed by atoms with E-state index in [4.69, 9.17) is 11.6 Å². The summed E-state index contributed by atoms with van der Waals surface area (Å²) in [7, 11) is 1.66. The van der Waals surface area contributed by atoms with Gasteiger partial charge in [0, 0.05) is 13.6 Å². The molecule has 0 fully saturated rings. The van der Waals surface area contributed by atoms with Gasteiger partial charge in [0.25, 0.3) is 0 Å². The monoisotopic (exact) mass is 234 g/mol. The van der Waals surface area contributed by atoms with Crippen molar-refractivity contribution in [2.75, 3.05) is 13.6 Å². The molecule has 0 rings (SSSR count). The number of carbonyl (C=O) groups is 2. The Kier molecular flexibility index (Phi) is 6.32. The van der Waals surface area contributed by atoms with Crippen LogP contribution in [0.4, 0.5) is 4.79 Å². The Morgan fingerprint density at radius 1 is 1.33 bits per heavy atom. The largest absolute Gasteiger partial charge is 0.328 e. The lowest BCUT2D eigenvalue weighted by Crippen LogP contribution is -2.43. The third-order valence-corrected chi connectivity index (χ3v) is 2.18. The van der Waals surface area contributed by atoms with Crippen molar-refractivity contribution in [3.63, 3.8) is 0 Å². The molecule has 0 radical (unpaired) electrons. The van der Waals surface area contributed by atoms with Crippen LogP contribution in [0.25, 0.3) is 0 Å². The number of alkyl halides is 1. The lowest BCUT2D eigenvalue weighted by atomic mass is 10.1. The van der Waals surface area contributed by atoms with Crippen molar-refractivity contribution in [2.24, 2.45) is 5.92 Å². The molecule has 0 aliphatic rings. The Labute approximate surface area is 96.0 Å². The molecule has 0 heterocycles. The molecule has 1 N–H and O–H groups in total. The number of carbonyl (C=O) groups excluding carboxylic acids is 2. The third-order valence-electron chi connectivity index (χ3n) is 1.98. The molecule has 3 amide bonds. The number of halogens is 1. The van der Waals surface area contributed by atoms with Gasteiger partial charge in [0.05, 0.1) is 0 Å². The lowest BCUT2D eigenvalue weighted by molar-refractivity contribution is -0.119. The van der Waals surface area contributed by atoms with Crippen LogP contribution in [0.2, 0.25) is 0 Å². The minimum Gasteiger partial charge on any atom is -0.328 e. The van der Waals surface area contributed by atoms with E-state index in [2.05, 4.69) is 19.2 Å². The number of amides is 3. The van der Waals surface area contributed by atoms with Crippen LogP contribution in [-0.4, -0.2) is 35.8 Å². The lowest BCUT2D eigenvalue weighted by Gasteiger charge is -2.18. The number of urea groups is 1. The zero-order valence-electron chi connectivity index (χ0n) is 9.71. The molecule has 15 heavy (non-hydrogen) atoms. The van der Waals surface area contributed by atoms with E-state index in [0.29, 0.717) is 12.5 Å². The van der Waals surface area contributed by atoms with E-state index < -0.39 is 17.3 Å². The molecular formula is C10H19ClN2O2. The second kappa shape index (κ2) is 6.67. The SMILES string of the molecule is CC(C)CCN(C)C(=O)NC(=O)C(C)Cl. The van der Waals surface area contributed by atoms with E-state index in [1.807, 2.05) is 0 Å². The Bertz CT molecular complexity index is 229. The maximum absolute atomic E-state index is 11.4. The van der Waals surface area contributed by atoms with Gasteiger partial charge in [-0.15, -0.1) is 11.6 Å². The molecule has 88 valence electrons. The van der Waals surface area contributed by atoms with E-state index in [1.165, 1.54) is 11.8 Å². The first-order valence-corrected chi connectivity index (χ1v) is 5.48. The maximum Gasteiger partial charge on any atom is 0.323 e. The van der Waals surface area contributed by atoms with Gasteiger partial charge in [-0.25, -0.2) is 4.79 Å². The van der Waals surface area contributed by atoms with Crippen molar-refractivity contribution in [2.45, 2.75) is 32.6 Å². The summed E-state index contributed by atoms with van der Waals surface area (Å²) in [5.41, 5.74) is 0. The second-order valence-electron chi connectivity index (χ2n) is 4.01. The van der Waals surface area contributed by atoms with Gasteiger partial charge in [0.1, 0.15) is 5.38 Å². The number of rotatable bonds is 4. The van der Waals surface area contributed by atoms with Gasteiger partial charge >= 0.3 is 6.03 Å². The van der Waals surface area contributed by atoms with Crippen LogP contribution in [0.3, 0.4) is 0 Å². The molecule has 5 heteroatoms. The third kappa shape index (κ3) is 6.33. The summed E-state index contributed by atoms with van der Waals surface area (Å²) in [6, 6.07) is -0.395. The van der Waals surface area contributed by atoms with Crippen molar-refractivity contribution in [1.29, 1.82) is 0 Å². The van der Waals surface area contributed by atoms with Crippen LogP contribution in [-0.2, 0) is 4.79 Å². The minimum atomic E-state index is -0.688. The van der Waals surface area contributed by atoms with Crippen LogP contribution >= 0.6 is 11.6 Å². The quantitative estimate of drug-likeness (QED) is 0.755. The van der Waals surface area contributed by atoms with Crippen LogP contribution < -0.4 is 5.32 Å². The van der Waals surface area contributed by atoms with Crippen LogP contribution in [0.5, 0.6) is 0 Å². The summed E-state index contributed by atoms with van der Waals surface area (Å²) in [4.78, 5) is 24.0. The fourth-order valence-electron chi connectivity index (χ4n) is 0.854. The van der Waals surface area contributed by atoms with Crippen molar-refractivity contribution in [3.05, 3.63) is 0 Å². The molecule has 0 aromatic heterocycles. The first-order chi connectivity index (χ1) is 6.84. The average molecular weight is 235 g/mol. The summed E-state index contributed by atoms with van der Waals surface area (Å²) in [5, 5.41) is 1.53. The first kappa shape index (κ1) is 14.2. The Morgan fingerprint density at radius 3 is 2.27 bits per heavy atom. The maximum atomic E-state index is 11.4. The summed E-state index contributed by atoms with van der Waals surface area (Å²) >= 11 is 5.52. The highest BCUT2D eigenvalue weighted by Gasteiger charge is 2.15. The number of hydrogen-bond acceptors (Lipinski definition) is 2. The van der Waals surface area contributed by atoms with Crippen molar-refractivity contribution < 1.29 is 9.59 Å². The van der Waals surface area contributed by atoms with Crippen LogP contribution in [0, 0.1) is 5.92 Å². The minimum absolute atomic E-state index is 0.395. The summed E-state index contributed by atoms with van der Waals surface area (Å²) < 4.78 is 0. The van der Waals surface area contributed by atoms with Gasteiger partial charge < -0.3 is 4.90 Å². The molecule has 0 aromatic carbocycles. The highest BCUT2D eigenvalue weighted by Crippen LogP contribution is 2.01. The zero-order chi connectivity index (χ0) is 12.0. The van der Waals surface area contributed by atoms with E-state index in [0.717, 1.165) is 6.42 Å². The smallest absolute Gasteiger partial charge is 0.323 e. The Balaban J connectivity index is 3.94. The predicted octanol–water partition coefficient (Wildman–Crippen LogP) is 1.83. The van der Waals surface area contributed by atoms with Crippen molar-refractivity contribution >= 4 is 23.5 Å². The highest BCUT2D eigenvalue weighted by atomic mass is 35.5. The molecule has 0 saturated carbocycles. The van der Waals surface area contributed by atoms with Crippen LogP contribution in [0.15, 0.2) is 0 Å². The average Bonchev–Trinajstić information content (AvgIpc) is 2.13. The standard InChI is InChI=1S/C10H19ClN2O2/c1-7(2)5-6-13(4)10(15)12-9(14)8(3)11/h7-8H,5-6H2,1-4H3,(H,12,14,15). The number of nitrogens with one attached hydrogen (secondary N) is 1. The zero-order valence-corrected chi connectivity index (χ0v) is 10.5. The topological polar surface area (TPSA) is 49.4 Å². The van der Waals surface area contributed by atoms with E-state index in [9.17, 15) is 9.59 Å². The van der Waals surface area contributed by atoms with Gasteiger partial charge in [0.2, 0.25) is 5.91 Å². The summed E-state index contributed by atoms with van der Waals surface area (Å²) in [6.07, 6.45) is 0.911. The van der Waals surface area contributed by atoms with Gasteiger partial charge in [-0.05, 0) is 19.3 Å². The predicted molar refractivity (Wildman–Crippen MR) is 60.9 cm³/mol. The fraction of sp³-hybridized carbons (Fsp3) is 0.800. The van der Waals surface area contributed by atoms with Gasteiger partial charge in [-0.2, -0.15) is 0 Å². The molecule has 0 saturated heterocycles. The molecule has 1 unspecified atom stereocenters. The molecule has 0 bridgehead atoms. The van der Waals surface area contributed by atoms with Crippen molar-refractivity contribution in [3.8, 4) is 0 Å². The van der Waals surface area contributed by atoms with Gasteiger partial charge in [-0.3, -0.25) is 10.1 Å². The Morgan fingerprint density at radius 2 is 1.87 bits per heavy atom. The number of nitrogens with zero attached hydrogens (tertiary/aromatic N) is 1. The molecule has 0 aliphatic heterocycles. The van der Waals surface area contributed by atoms with E-state index in [1.54, 1.807) is 7.05 Å². The van der Waals surface area contributed by atoms with E-state index >= 15 is 0 Å². The molecule has 4 nitrogen and oxygen atoms in total. The fourth-order valence-corrected chi connectivity index (χ4v) is 0.908. The molecule has 0 aliphatic carbocycles. The second-order valence-corrected chi connectivity index (χ2v) is 4.67. The van der Waals surface area contributed by atoms with E-state index in [-0.39, 0.29) is 0 Å².